The zero-order valence-electron chi connectivity index (χ0n) is 22.5. The maximum atomic E-state index is 12.8. The Morgan fingerprint density at radius 3 is 2.29 bits per heavy atom. The van der Waals surface area contributed by atoms with Crippen molar-refractivity contribution in [2.45, 2.75) is 25.8 Å². The first-order chi connectivity index (χ1) is 20.2. The molecule has 0 spiro atoms. The predicted molar refractivity (Wildman–Crippen MR) is 164 cm³/mol. The summed E-state index contributed by atoms with van der Waals surface area (Å²) in [6.07, 6.45) is 5.86. The third kappa shape index (κ3) is 6.11. The molecule has 2 aromatic heterocycles. The lowest BCUT2D eigenvalue weighted by molar-refractivity contribution is 0.315. The van der Waals surface area contributed by atoms with Crippen molar-refractivity contribution in [2.75, 3.05) is 6.61 Å². The minimum Gasteiger partial charge on any atom is -0.493 e. The van der Waals surface area contributed by atoms with Gasteiger partial charge in [0.15, 0.2) is 0 Å². The zero-order valence-corrected chi connectivity index (χ0v) is 23.3. The van der Waals surface area contributed by atoms with Gasteiger partial charge in [-0.25, -0.2) is 9.78 Å². The van der Waals surface area contributed by atoms with Crippen LogP contribution >= 0.6 is 11.6 Å². The average Bonchev–Trinajstić information content (AvgIpc) is 3.44. The summed E-state index contributed by atoms with van der Waals surface area (Å²) < 4.78 is 14.4. The lowest BCUT2D eigenvalue weighted by atomic mass is 9.97. The van der Waals surface area contributed by atoms with Gasteiger partial charge >= 0.3 is 5.63 Å². The molecule has 0 unspecified atom stereocenters. The molecule has 0 radical (unpaired) electrons. The third-order valence-corrected chi connectivity index (χ3v) is 7.58. The predicted octanol–water partition coefficient (Wildman–Crippen LogP) is 7.76. The molecule has 4 aromatic carbocycles. The first-order valence-electron chi connectivity index (χ1n) is 13.7. The second-order valence-corrected chi connectivity index (χ2v) is 10.4. The van der Waals surface area contributed by atoms with Gasteiger partial charge in [-0.1, -0.05) is 90.5 Å². The fourth-order valence-electron chi connectivity index (χ4n) is 5.20. The lowest BCUT2D eigenvalue weighted by Gasteiger charge is -2.16. The Hall–Kier alpha value is -4.61. The lowest BCUT2D eigenvalue weighted by Crippen LogP contribution is -2.10. The Morgan fingerprint density at radius 2 is 1.51 bits per heavy atom. The van der Waals surface area contributed by atoms with Crippen molar-refractivity contribution in [3.8, 4) is 16.9 Å². The summed E-state index contributed by atoms with van der Waals surface area (Å²) in [4.78, 5) is 17.2. The van der Waals surface area contributed by atoms with Crippen LogP contribution in [0.5, 0.6) is 5.75 Å². The molecule has 0 aliphatic carbocycles. The van der Waals surface area contributed by atoms with Gasteiger partial charge < -0.3 is 13.7 Å². The van der Waals surface area contributed by atoms with Gasteiger partial charge in [-0.2, -0.15) is 0 Å². The molecule has 204 valence electrons. The number of aromatic nitrogens is 2. The molecule has 41 heavy (non-hydrogen) atoms. The number of nitrogens with zero attached hydrogens (tertiary/aromatic N) is 2. The average molecular weight is 561 g/mol. The van der Waals surface area contributed by atoms with E-state index in [-0.39, 0.29) is 0 Å². The van der Waals surface area contributed by atoms with E-state index in [0.717, 1.165) is 40.7 Å². The first kappa shape index (κ1) is 26.6. The van der Waals surface area contributed by atoms with Crippen LogP contribution in [0.15, 0.2) is 125 Å². The maximum Gasteiger partial charge on any atom is 0.336 e. The van der Waals surface area contributed by atoms with Gasteiger partial charge in [-0.05, 0) is 42.2 Å². The van der Waals surface area contributed by atoms with E-state index >= 15 is 0 Å². The number of hydrogen-bond donors (Lipinski definition) is 0. The van der Waals surface area contributed by atoms with Crippen LogP contribution in [-0.2, 0) is 25.8 Å². The number of ether oxygens (including phenoxy) is 1. The summed E-state index contributed by atoms with van der Waals surface area (Å²) in [6.45, 7) is 1.21. The number of imidazole rings is 1. The van der Waals surface area contributed by atoms with Crippen molar-refractivity contribution in [3.63, 3.8) is 0 Å². The Labute approximate surface area is 243 Å². The highest BCUT2D eigenvalue weighted by molar-refractivity contribution is 6.33. The monoisotopic (exact) mass is 560 g/mol. The fourth-order valence-corrected chi connectivity index (χ4v) is 5.43. The summed E-state index contributed by atoms with van der Waals surface area (Å²) in [5.74, 6) is 0.710. The molecule has 0 bridgehead atoms. The van der Waals surface area contributed by atoms with Gasteiger partial charge in [0.1, 0.15) is 11.3 Å². The highest BCUT2D eigenvalue weighted by atomic mass is 35.5. The van der Waals surface area contributed by atoms with E-state index in [1.807, 2.05) is 85.3 Å². The molecule has 6 rings (SSSR count). The highest BCUT2D eigenvalue weighted by Gasteiger charge is 2.18. The van der Waals surface area contributed by atoms with Gasteiger partial charge in [0.25, 0.3) is 0 Å². The second kappa shape index (κ2) is 12.3. The standard InChI is InChI=1S/C35H29ClN2O3/c36-32-14-8-7-13-28(32)31-21-34(39)41-35-29(31)17-18-33(30(35)16-15-25-9-3-1-4-10-25)40-20-19-27-22-37-24-38(27)23-26-11-5-2-6-12-26/h1-14,17-18,21-22,24H,15-16,19-20,23H2. The maximum absolute atomic E-state index is 12.8. The van der Waals surface area contributed by atoms with Crippen molar-refractivity contribution < 1.29 is 9.15 Å². The first-order valence-corrected chi connectivity index (χ1v) is 14.1. The number of fused-ring (bicyclic) bond motifs is 1. The summed E-state index contributed by atoms with van der Waals surface area (Å²) in [6, 6.07) is 33.6. The Kier molecular flexibility index (Phi) is 7.97. The molecule has 0 fully saturated rings. The molecule has 0 N–H and O–H groups in total. The number of halogens is 1. The largest absolute Gasteiger partial charge is 0.493 e. The molecule has 0 aliphatic rings. The van der Waals surface area contributed by atoms with E-state index < -0.39 is 5.63 Å². The topological polar surface area (TPSA) is 57.3 Å². The van der Waals surface area contributed by atoms with Crippen molar-refractivity contribution >= 4 is 22.6 Å². The summed E-state index contributed by atoms with van der Waals surface area (Å²) in [5, 5.41) is 1.41. The normalized spacial score (nSPS) is 11.1. The van der Waals surface area contributed by atoms with Gasteiger partial charge in [0.2, 0.25) is 0 Å². The number of aryl methyl sites for hydroxylation is 2. The molecule has 0 saturated heterocycles. The SMILES string of the molecule is O=c1cc(-c2ccccc2Cl)c2ccc(OCCc3cncn3Cc3ccccc3)c(CCc3ccccc3)c2o1. The van der Waals surface area contributed by atoms with E-state index in [4.69, 9.17) is 20.8 Å². The van der Waals surface area contributed by atoms with E-state index in [0.29, 0.717) is 35.8 Å². The molecule has 0 atom stereocenters. The number of hydrogen-bond acceptors (Lipinski definition) is 4. The van der Waals surface area contributed by atoms with E-state index in [1.54, 1.807) is 0 Å². The molecule has 6 aromatic rings. The third-order valence-electron chi connectivity index (χ3n) is 7.25. The molecule has 0 aliphatic heterocycles. The van der Waals surface area contributed by atoms with Crippen LogP contribution < -0.4 is 10.4 Å². The molecule has 0 amide bonds. The van der Waals surface area contributed by atoms with Crippen molar-refractivity contribution in [1.82, 2.24) is 9.55 Å². The number of benzene rings is 4. The van der Waals surface area contributed by atoms with Gasteiger partial charge in [0.05, 0.1) is 12.9 Å². The molecular formula is C35H29ClN2O3. The van der Waals surface area contributed by atoms with Gasteiger partial charge in [0, 0.05) is 58.0 Å². The minimum atomic E-state index is -0.421. The van der Waals surface area contributed by atoms with Gasteiger partial charge in [-0.3, -0.25) is 0 Å². The van der Waals surface area contributed by atoms with Crippen molar-refractivity contribution in [1.29, 1.82) is 0 Å². The summed E-state index contributed by atoms with van der Waals surface area (Å²) in [5.41, 5.74) is 6.04. The smallest absolute Gasteiger partial charge is 0.336 e. The van der Waals surface area contributed by atoms with Crippen LogP contribution in [0.25, 0.3) is 22.1 Å². The summed E-state index contributed by atoms with van der Waals surface area (Å²) >= 11 is 6.54. The van der Waals surface area contributed by atoms with Crippen LogP contribution in [0, 0.1) is 0 Å². The quantitative estimate of drug-likeness (QED) is 0.161. The molecular weight excluding hydrogens is 532 g/mol. The van der Waals surface area contributed by atoms with Gasteiger partial charge in [-0.15, -0.1) is 0 Å². The van der Waals surface area contributed by atoms with Crippen LogP contribution in [0.3, 0.4) is 0 Å². The van der Waals surface area contributed by atoms with Crippen molar-refractivity contribution in [3.05, 3.63) is 153 Å². The minimum absolute atomic E-state index is 0.421. The van der Waals surface area contributed by atoms with E-state index in [1.165, 1.54) is 17.2 Å². The van der Waals surface area contributed by atoms with Crippen LogP contribution in [0.4, 0.5) is 0 Å². The highest BCUT2D eigenvalue weighted by Crippen LogP contribution is 2.37. The molecule has 2 heterocycles. The molecule has 0 saturated carbocycles. The summed E-state index contributed by atoms with van der Waals surface area (Å²) in [7, 11) is 0. The van der Waals surface area contributed by atoms with E-state index in [2.05, 4.69) is 33.8 Å². The van der Waals surface area contributed by atoms with Crippen LogP contribution in [0.2, 0.25) is 5.02 Å². The Morgan fingerprint density at radius 1 is 0.780 bits per heavy atom. The number of rotatable bonds is 10. The molecule has 5 nitrogen and oxygen atoms in total. The van der Waals surface area contributed by atoms with E-state index in [9.17, 15) is 4.79 Å². The zero-order chi connectivity index (χ0) is 28.0. The Balaban J connectivity index is 1.32. The second-order valence-electron chi connectivity index (χ2n) is 9.96. The fraction of sp³-hybridized carbons (Fsp3) is 0.143. The van der Waals surface area contributed by atoms with Crippen LogP contribution in [0.1, 0.15) is 22.4 Å². The Bertz CT molecular complexity index is 1830. The molecule has 6 heteroatoms. The van der Waals surface area contributed by atoms with Crippen molar-refractivity contribution in [2.24, 2.45) is 0 Å². The van der Waals surface area contributed by atoms with Crippen LogP contribution in [-0.4, -0.2) is 16.2 Å².